The molecular weight excluding hydrogens is 260 g/mol. The summed E-state index contributed by atoms with van der Waals surface area (Å²) in [6.07, 6.45) is 1.05. The number of phenols is 1. The first kappa shape index (κ1) is 14.0. The van der Waals surface area contributed by atoms with Gasteiger partial charge < -0.3 is 15.3 Å². The molecule has 1 aliphatic rings. The molecule has 3 rings (SSSR count). The molecule has 0 aliphatic carbocycles. The Morgan fingerprint density at radius 2 is 2.00 bits per heavy atom. The van der Waals surface area contributed by atoms with Crippen LogP contribution in [0.3, 0.4) is 0 Å². The van der Waals surface area contributed by atoms with E-state index in [4.69, 9.17) is 0 Å². The van der Waals surface area contributed by atoms with Crippen molar-refractivity contribution in [3.8, 4) is 5.75 Å². The summed E-state index contributed by atoms with van der Waals surface area (Å²) < 4.78 is 0. The molecule has 0 aromatic heterocycles. The monoisotopic (exact) mass is 282 g/mol. The molecule has 1 heterocycles. The lowest BCUT2D eigenvalue weighted by Gasteiger charge is -2.26. The van der Waals surface area contributed by atoms with E-state index in [1.807, 2.05) is 26.1 Å². The van der Waals surface area contributed by atoms with Crippen molar-refractivity contribution in [3.05, 3.63) is 53.6 Å². The van der Waals surface area contributed by atoms with Crippen LogP contribution < -0.4 is 10.2 Å². The zero-order valence-electron chi connectivity index (χ0n) is 12.8. The van der Waals surface area contributed by atoms with Crippen molar-refractivity contribution >= 4 is 11.4 Å². The van der Waals surface area contributed by atoms with E-state index in [1.54, 1.807) is 0 Å². The van der Waals surface area contributed by atoms with E-state index < -0.39 is 0 Å². The molecular formula is C18H22N2O. The summed E-state index contributed by atoms with van der Waals surface area (Å²) in [6, 6.07) is 15.0. The van der Waals surface area contributed by atoms with E-state index in [2.05, 4.69) is 47.5 Å². The van der Waals surface area contributed by atoms with Crippen LogP contribution >= 0.6 is 0 Å². The van der Waals surface area contributed by atoms with Crippen LogP contribution in [-0.2, 0) is 6.42 Å². The second kappa shape index (κ2) is 5.41. The van der Waals surface area contributed by atoms with Gasteiger partial charge in [0.25, 0.3) is 0 Å². The Balaban J connectivity index is 2.00. The highest BCUT2D eigenvalue weighted by Gasteiger charge is 2.27. The minimum atomic E-state index is 0.141. The summed E-state index contributed by atoms with van der Waals surface area (Å²) in [4.78, 5) is 2.31. The summed E-state index contributed by atoms with van der Waals surface area (Å²) in [7, 11) is 1.90. The smallest absolute Gasteiger partial charge is 0.122 e. The molecule has 0 amide bonds. The number of para-hydroxylation sites is 1. The molecule has 0 spiro atoms. The van der Waals surface area contributed by atoms with Crippen LogP contribution in [0.2, 0.25) is 0 Å². The van der Waals surface area contributed by atoms with Gasteiger partial charge in [-0.25, -0.2) is 0 Å². The van der Waals surface area contributed by atoms with E-state index in [1.165, 1.54) is 11.3 Å². The Morgan fingerprint density at radius 3 is 2.71 bits per heavy atom. The van der Waals surface area contributed by atoms with Crippen molar-refractivity contribution in [1.82, 2.24) is 5.32 Å². The van der Waals surface area contributed by atoms with E-state index >= 15 is 0 Å². The first-order valence-electron chi connectivity index (χ1n) is 7.49. The van der Waals surface area contributed by atoms with Crippen LogP contribution in [0, 0.1) is 0 Å². The number of nitrogens with zero attached hydrogens (tertiary/aromatic N) is 1. The number of fused-ring (bicyclic) bond motifs is 1. The predicted octanol–water partition coefficient (Wildman–Crippen LogP) is 3.76. The Hall–Kier alpha value is -2.00. The maximum Gasteiger partial charge on any atom is 0.122 e. The third-order valence-corrected chi connectivity index (χ3v) is 4.40. The summed E-state index contributed by atoms with van der Waals surface area (Å²) in [6.45, 7) is 4.27. The quantitative estimate of drug-likeness (QED) is 0.900. The van der Waals surface area contributed by atoms with Crippen LogP contribution in [0.25, 0.3) is 0 Å². The fourth-order valence-electron chi connectivity index (χ4n) is 3.16. The number of nitrogens with one attached hydrogen (secondary N) is 1. The molecule has 0 fully saturated rings. The minimum Gasteiger partial charge on any atom is -0.508 e. The number of hydrogen-bond donors (Lipinski definition) is 2. The molecule has 2 atom stereocenters. The molecule has 2 unspecified atom stereocenters. The molecule has 0 saturated carbocycles. The Bertz CT molecular complexity index is 653. The SMILES string of the molecule is CNC(C)c1ccc(N2c3ccccc3CC2C)cc1O. The van der Waals surface area contributed by atoms with Crippen LogP contribution in [0.1, 0.15) is 31.0 Å². The number of rotatable bonds is 3. The van der Waals surface area contributed by atoms with Crippen molar-refractivity contribution in [3.63, 3.8) is 0 Å². The standard InChI is InChI=1S/C18H22N2O/c1-12-10-14-6-4-5-7-17(14)20(12)15-8-9-16(13(2)19-3)18(21)11-15/h4-9,11-13,19,21H,10H2,1-3H3. The van der Waals surface area contributed by atoms with Gasteiger partial charge in [0.1, 0.15) is 5.75 Å². The van der Waals surface area contributed by atoms with Crippen molar-refractivity contribution in [2.45, 2.75) is 32.4 Å². The largest absolute Gasteiger partial charge is 0.508 e. The lowest BCUT2D eigenvalue weighted by Crippen LogP contribution is -2.24. The third kappa shape index (κ3) is 2.38. The average Bonchev–Trinajstić information content (AvgIpc) is 2.82. The maximum atomic E-state index is 10.3. The molecule has 0 bridgehead atoms. The Morgan fingerprint density at radius 1 is 1.24 bits per heavy atom. The van der Waals surface area contributed by atoms with Gasteiger partial charge in [-0.05, 0) is 45.0 Å². The van der Waals surface area contributed by atoms with Gasteiger partial charge in [-0.15, -0.1) is 0 Å². The predicted molar refractivity (Wildman–Crippen MR) is 87.3 cm³/mol. The summed E-state index contributed by atoms with van der Waals surface area (Å²) in [5, 5.41) is 13.5. The van der Waals surface area contributed by atoms with Crippen LogP contribution in [0.15, 0.2) is 42.5 Å². The van der Waals surface area contributed by atoms with Gasteiger partial charge in [-0.2, -0.15) is 0 Å². The van der Waals surface area contributed by atoms with Gasteiger partial charge in [0.2, 0.25) is 0 Å². The zero-order valence-corrected chi connectivity index (χ0v) is 12.8. The lowest BCUT2D eigenvalue weighted by atomic mass is 10.1. The second-order valence-corrected chi connectivity index (χ2v) is 5.81. The summed E-state index contributed by atoms with van der Waals surface area (Å²) in [5.74, 6) is 0.353. The van der Waals surface area contributed by atoms with Gasteiger partial charge in [-0.3, -0.25) is 0 Å². The molecule has 3 nitrogen and oxygen atoms in total. The van der Waals surface area contributed by atoms with Gasteiger partial charge in [-0.1, -0.05) is 24.3 Å². The third-order valence-electron chi connectivity index (χ3n) is 4.40. The van der Waals surface area contributed by atoms with Crippen molar-refractivity contribution in [1.29, 1.82) is 0 Å². The van der Waals surface area contributed by atoms with Crippen LogP contribution in [0.5, 0.6) is 5.75 Å². The molecule has 21 heavy (non-hydrogen) atoms. The van der Waals surface area contributed by atoms with Gasteiger partial charge in [0.05, 0.1) is 0 Å². The van der Waals surface area contributed by atoms with Crippen molar-refractivity contribution < 1.29 is 5.11 Å². The first-order valence-corrected chi connectivity index (χ1v) is 7.49. The molecule has 2 aromatic rings. The van der Waals surface area contributed by atoms with Crippen LogP contribution in [-0.4, -0.2) is 18.2 Å². The number of anilines is 2. The van der Waals surface area contributed by atoms with E-state index in [-0.39, 0.29) is 6.04 Å². The number of hydrogen-bond acceptors (Lipinski definition) is 3. The summed E-state index contributed by atoms with van der Waals surface area (Å²) in [5.41, 5.74) is 4.61. The van der Waals surface area contributed by atoms with E-state index in [0.29, 0.717) is 11.8 Å². The molecule has 2 N–H and O–H groups in total. The maximum absolute atomic E-state index is 10.3. The second-order valence-electron chi connectivity index (χ2n) is 5.81. The Labute approximate surface area is 126 Å². The molecule has 1 aliphatic heterocycles. The van der Waals surface area contributed by atoms with E-state index in [9.17, 15) is 5.11 Å². The fraction of sp³-hybridized carbons (Fsp3) is 0.333. The van der Waals surface area contributed by atoms with Crippen molar-refractivity contribution in [2.24, 2.45) is 0 Å². The zero-order chi connectivity index (χ0) is 15.0. The first-order chi connectivity index (χ1) is 10.1. The van der Waals surface area contributed by atoms with Crippen LogP contribution in [0.4, 0.5) is 11.4 Å². The normalized spacial score (nSPS) is 18.6. The topological polar surface area (TPSA) is 35.5 Å². The van der Waals surface area contributed by atoms with E-state index in [0.717, 1.165) is 17.7 Å². The molecule has 110 valence electrons. The number of benzene rings is 2. The Kier molecular flexibility index (Phi) is 3.60. The average molecular weight is 282 g/mol. The fourth-order valence-corrected chi connectivity index (χ4v) is 3.16. The number of aromatic hydroxyl groups is 1. The molecule has 0 radical (unpaired) electrons. The highest BCUT2D eigenvalue weighted by Crippen LogP contribution is 2.40. The van der Waals surface area contributed by atoms with Gasteiger partial charge in [0.15, 0.2) is 0 Å². The van der Waals surface area contributed by atoms with Gasteiger partial charge >= 0.3 is 0 Å². The molecule has 0 saturated heterocycles. The lowest BCUT2D eigenvalue weighted by molar-refractivity contribution is 0.458. The molecule has 3 heteroatoms. The summed E-state index contributed by atoms with van der Waals surface area (Å²) >= 11 is 0. The number of phenolic OH excluding ortho intramolecular Hbond substituents is 1. The molecule has 2 aromatic carbocycles. The van der Waals surface area contributed by atoms with Gasteiger partial charge in [0, 0.05) is 35.1 Å². The highest BCUT2D eigenvalue weighted by atomic mass is 16.3. The highest BCUT2D eigenvalue weighted by molar-refractivity contribution is 5.72. The van der Waals surface area contributed by atoms with Crippen molar-refractivity contribution in [2.75, 3.05) is 11.9 Å². The minimum absolute atomic E-state index is 0.141.